The molecular formula is C10H11N3O. The van der Waals surface area contributed by atoms with Gasteiger partial charge in [0.2, 0.25) is 0 Å². The Morgan fingerprint density at radius 1 is 1.43 bits per heavy atom. The van der Waals surface area contributed by atoms with E-state index >= 15 is 0 Å². The summed E-state index contributed by atoms with van der Waals surface area (Å²) in [5, 5.41) is 5.11. The van der Waals surface area contributed by atoms with Gasteiger partial charge >= 0.3 is 0 Å². The lowest BCUT2D eigenvalue weighted by Crippen LogP contribution is -2.03. The van der Waals surface area contributed by atoms with E-state index in [1.54, 1.807) is 18.5 Å². The fourth-order valence-electron chi connectivity index (χ4n) is 1.40. The van der Waals surface area contributed by atoms with Crippen LogP contribution in [0.1, 0.15) is 30.2 Å². The van der Waals surface area contributed by atoms with Crippen molar-refractivity contribution < 1.29 is 4.79 Å². The summed E-state index contributed by atoms with van der Waals surface area (Å²) in [6.07, 6.45) is 4.09. The molecule has 0 aromatic carbocycles. The second-order valence-electron chi connectivity index (χ2n) is 3.48. The third kappa shape index (κ3) is 1.28. The molecule has 0 atom stereocenters. The van der Waals surface area contributed by atoms with Crippen LogP contribution < -0.4 is 0 Å². The van der Waals surface area contributed by atoms with E-state index in [0.717, 1.165) is 17.3 Å². The summed E-state index contributed by atoms with van der Waals surface area (Å²) in [5.74, 6) is 0. The number of aromatic nitrogens is 3. The summed E-state index contributed by atoms with van der Waals surface area (Å²) >= 11 is 0. The van der Waals surface area contributed by atoms with Crippen LogP contribution in [-0.2, 0) is 0 Å². The second kappa shape index (κ2) is 3.21. The molecule has 0 N–H and O–H groups in total. The topological polar surface area (TPSA) is 47.8 Å². The summed E-state index contributed by atoms with van der Waals surface area (Å²) in [7, 11) is 0. The Balaban J connectivity index is 2.65. The zero-order chi connectivity index (χ0) is 10.1. The van der Waals surface area contributed by atoms with Gasteiger partial charge < -0.3 is 0 Å². The van der Waals surface area contributed by atoms with Crippen LogP contribution in [0.2, 0.25) is 0 Å². The number of pyridine rings is 1. The molecule has 0 aliphatic carbocycles. The van der Waals surface area contributed by atoms with Gasteiger partial charge in [0.1, 0.15) is 0 Å². The number of fused-ring (bicyclic) bond motifs is 1. The number of carbonyl (C=O) groups is 1. The molecule has 14 heavy (non-hydrogen) atoms. The lowest BCUT2D eigenvalue weighted by molar-refractivity contribution is 0.112. The maximum Gasteiger partial charge on any atom is 0.157 e. The Morgan fingerprint density at radius 3 is 2.86 bits per heavy atom. The fourth-order valence-corrected chi connectivity index (χ4v) is 1.40. The molecule has 4 heteroatoms. The van der Waals surface area contributed by atoms with E-state index in [1.807, 2.05) is 18.5 Å². The minimum atomic E-state index is 0.280. The first-order chi connectivity index (χ1) is 6.72. The van der Waals surface area contributed by atoms with Gasteiger partial charge in [-0.3, -0.25) is 4.79 Å². The minimum absolute atomic E-state index is 0.280. The van der Waals surface area contributed by atoms with Crippen molar-refractivity contribution in [3.8, 4) is 0 Å². The van der Waals surface area contributed by atoms with Crippen LogP contribution in [0.15, 0.2) is 18.5 Å². The summed E-state index contributed by atoms with van der Waals surface area (Å²) < 4.78 is 1.84. The highest BCUT2D eigenvalue weighted by atomic mass is 16.1. The van der Waals surface area contributed by atoms with Gasteiger partial charge in [0.05, 0.1) is 6.20 Å². The molecule has 4 nitrogen and oxygen atoms in total. The van der Waals surface area contributed by atoms with E-state index in [0.29, 0.717) is 5.56 Å². The predicted octanol–water partition coefficient (Wildman–Crippen LogP) is 1.82. The highest BCUT2D eigenvalue weighted by molar-refractivity contribution is 5.83. The van der Waals surface area contributed by atoms with Crippen LogP contribution in [0.3, 0.4) is 0 Å². The average molecular weight is 189 g/mol. The average Bonchev–Trinajstić information content (AvgIpc) is 2.59. The van der Waals surface area contributed by atoms with E-state index in [9.17, 15) is 4.79 Å². The summed E-state index contributed by atoms with van der Waals surface area (Å²) in [6, 6.07) is 2.07. The maximum atomic E-state index is 10.5. The molecule has 2 heterocycles. The third-order valence-electron chi connectivity index (χ3n) is 2.08. The highest BCUT2D eigenvalue weighted by Gasteiger charge is 2.06. The maximum absolute atomic E-state index is 10.5. The molecule has 0 aliphatic heterocycles. The number of rotatable bonds is 2. The first-order valence-electron chi connectivity index (χ1n) is 4.51. The Bertz CT molecular complexity index is 473. The fraction of sp³-hybridized carbons (Fsp3) is 0.300. The van der Waals surface area contributed by atoms with Crippen LogP contribution in [0.4, 0.5) is 0 Å². The number of hydrogen-bond acceptors (Lipinski definition) is 3. The van der Waals surface area contributed by atoms with E-state index in [-0.39, 0.29) is 6.04 Å². The molecule has 2 rings (SSSR count). The first kappa shape index (κ1) is 8.87. The second-order valence-corrected chi connectivity index (χ2v) is 3.48. The summed E-state index contributed by atoms with van der Waals surface area (Å²) in [6.45, 7) is 4.09. The van der Waals surface area contributed by atoms with Gasteiger partial charge in [0.15, 0.2) is 11.9 Å². The van der Waals surface area contributed by atoms with Crippen LogP contribution >= 0.6 is 0 Å². The van der Waals surface area contributed by atoms with E-state index in [2.05, 4.69) is 10.1 Å². The molecular weight excluding hydrogens is 178 g/mol. The van der Waals surface area contributed by atoms with Gasteiger partial charge in [0.25, 0.3) is 0 Å². The van der Waals surface area contributed by atoms with Crippen LogP contribution in [0, 0.1) is 0 Å². The Kier molecular flexibility index (Phi) is 2.04. The number of hydrogen-bond donors (Lipinski definition) is 0. The summed E-state index contributed by atoms with van der Waals surface area (Å²) in [5.41, 5.74) is 1.41. The monoisotopic (exact) mass is 189 g/mol. The molecule has 2 aromatic rings. The van der Waals surface area contributed by atoms with Crippen molar-refractivity contribution in [3.63, 3.8) is 0 Å². The van der Waals surface area contributed by atoms with Gasteiger partial charge in [-0.25, -0.2) is 9.67 Å². The Hall–Kier alpha value is -1.71. The molecule has 2 aromatic heterocycles. The van der Waals surface area contributed by atoms with Gasteiger partial charge in [-0.2, -0.15) is 5.10 Å². The highest BCUT2D eigenvalue weighted by Crippen LogP contribution is 2.15. The van der Waals surface area contributed by atoms with E-state index in [4.69, 9.17) is 0 Å². The number of aldehydes is 1. The lowest BCUT2D eigenvalue weighted by Gasteiger charge is -2.05. The lowest BCUT2D eigenvalue weighted by atomic mass is 10.2. The summed E-state index contributed by atoms with van der Waals surface area (Å²) in [4.78, 5) is 14.7. The number of carbonyl (C=O) groups excluding carboxylic acids is 1. The van der Waals surface area contributed by atoms with Gasteiger partial charge in [-0.1, -0.05) is 0 Å². The van der Waals surface area contributed by atoms with Crippen LogP contribution in [-0.4, -0.2) is 21.1 Å². The third-order valence-corrected chi connectivity index (χ3v) is 2.08. The van der Waals surface area contributed by atoms with Crippen molar-refractivity contribution in [2.75, 3.05) is 0 Å². The number of nitrogens with zero attached hydrogens (tertiary/aromatic N) is 3. The normalized spacial score (nSPS) is 11.1. The zero-order valence-electron chi connectivity index (χ0n) is 8.14. The smallest absolute Gasteiger partial charge is 0.157 e. The molecule has 0 spiro atoms. The van der Waals surface area contributed by atoms with Crippen LogP contribution in [0.25, 0.3) is 11.0 Å². The molecule has 0 bridgehead atoms. The molecule has 0 aliphatic rings. The Labute approximate surface area is 81.6 Å². The van der Waals surface area contributed by atoms with Crippen molar-refractivity contribution in [1.82, 2.24) is 14.8 Å². The van der Waals surface area contributed by atoms with E-state index in [1.165, 1.54) is 0 Å². The molecule has 0 radical (unpaired) electrons. The zero-order valence-corrected chi connectivity index (χ0v) is 8.14. The van der Waals surface area contributed by atoms with Crippen molar-refractivity contribution in [3.05, 3.63) is 24.0 Å². The van der Waals surface area contributed by atoms with Crippen molar-refractivity contribution >= 4 is 17.3 Å². The molecule has 0 saturated heterocycles. The SMILES string of the molecule is CC(C)n1ncc2cc(C=O)cnc21. The standard InChI is InChI=1S/C10H11N3O/c1-7(2)13-10-9(5-12-13)3-8(6-14)4-11-10/h3-7H,1-2H3. The molecule has 72 valence electrons. The quantitative estimate of drug-likeness (QED) is 0.677. The van der Waals surface area contributed by atoms with Crippen LogP contribution in [0.5, 0.6) is 0 Å². The largest absolute Gasteiger partial charge is 0.298 e. The first-order valence-corrected chi connectivity index (χ1v) is 4.51. The van der Waals surface area contributed by atoms with Crippen molar-refractivity contribution in [1.29, 1.82) is 0 Å². The van der Waals surface area contributed by atoms with Gasteiger partial charge in [0, 0.05) is 23.2 Å². The van der Waals surface area contributed by atoms with Crippen molar-refractivity contribution in [2.45, 2.75) is 19.9 Å². The Morgan fingerprint density at radius 2 is 2.21 bits per heavy atom. The molecule has 0 saturated carbocycles. The minimum Gasteiger partial charge on any atom is -0.298 e. The predicted molar refractivity (Wildman–Crippen MR) is 53.3 cm³/mol. The van der Waals surface area contributed by atoms with E-state index < -0.39 is 0 Å². The molecule has 0 unspecified atom stereocenters. The van der Waals surface area contributed by atoms with Gasteiger partial charge in [-0.05, 0) is 19.9 Å². The molecule has 0 fully saturated rings. The van der Waals surface area contributed by atoms with Crippen molar-refractivity contribution in [2.24, 2.45) is 0 Å². The molecule has 0 amide bonds. The van der Waals surface area contributed by atoms with Gasteiger partial charge in [-0.15, -0.1) is 0 Å².